The average molecular weight is 512 g/mol. The average Bonchev–Trinajstić information content (AvgIpc) is 3.39. The van der Waals surface area contributed by atoms with E-state index < -0.39 is 0 Å². The number of carbonyl (C=O) groups excluding carboxylic acids is 1. The van der Waals surface area contributed by atoms with E-state index in [1.165, 1.54) is 16.6 Å². The minimum atomic E-state index is -0.206. The normalized spacial score (nSPS) is 11.2. The molecule has 1 amide bonds. The van der Waals surface area contributed by atoms with Crippen LogP contribution in [-0.2, 0) is 4.79 Å². The number of nitrogens with zero attached hydrogens (tertiary/aromatic N) is 4. The highest BCUT2D eigenvalue weighted by Gasteiger charge is 2.17. The fraction of sp³-hybridized carbons (Fsp3) is 0.0909. The number of hydrazone groups is 1. The number of hydrogen-bond acceptors (Lipinski definition) is 6. The minimum Gasteiger partial charge on any atom is -0.272 e. The summed E-state index contributed by atoms with van der Waals surface area (Å²) in [5.41, 5.74) is 4.44. The third-order valence-electron chi connectivity index (χ3n) is 4.22. The van der Waals surface area contributed by atoms with Crippen LogP contribution in [0.4, 0.5) is 0 Å². The van der Waals surface area contributed by atoms with Gasteiger partial charge in [0.2, 0.25) is 0 Å². The van der Waals surface area contributed by atoms with E-state index in [2.05, 4.69) is 36.7 Å². The predicted molar refractivity (Wildman–Crippen MR) is 130 cm³/mol. The Morgan fingerprint density at radius 1 is 1.13 bits per heavy atom. The first-order valence-electron chi connectivity index (χ1n) is 9.38. The monoisotopic (exact) mass is 511 g/mol. The number of halogens is 1. The van der Waals surface area contributed by atoms with E-state index in [0.717, 1.165) is 20.6 Å². The van der Waals surface area contributed by atoms with Gasteiger partial charge in [-0.2, -0.15) is 5.10 Å². The lowest BCUT2D eigenvalue weighted by Gasteiger charge is -2.10. The molecule has 0 atom stereocenters. The molecule has 0 saturated heterocycles. The molecule has 0 saturated carbocycles. The lowest BCUT2D eigenvalue weighted by atomic mass is 10.2. The van der Waals surface area contributed by atoms with Crippen molar-refractivity contribution < 1.29 is 4.79 Å². The maximum Gasteiger partial charge on any atom is 0.250 e. The second-order valence-electron chi connectivity index (χ2n) is 6.51. The number of thiophene rings is 1. The number of hydrogen-bond donors (Lipinski definition) is 1. The summed E-state index contributed by atoms with van der Waals surface area (Å²) in [7, 11) is 0. The Labute approximate surface area is 196 Å². The number of benzene rings is 2. The van der Waals surface area contributed by atoms with Crippen LogP contribution in [0.25, 0.3) is 17.1 Å². The Bertz CT molecular complexity index is 1200. The number of para-hydroxylation sites is 1. The molecule has 0 radical (unpaired) electrons. The topological polar surface area (TPSA) is 72.2 Å². The smallest absolute Gasteiger partial charge is 0.250 e. The standard InChI is InChI=1S/C22H18BrN5OS2/c1-15-7-12-19(31-15)13-24-25-20(29)14-30-22-27-26-21(16-8-10-17(23)11-9-16)28(22)18-5-3-2-4-6-18/h2-13H,14H2,1H3,(H,25,29). The van der Waals surface area contributed by atoms with Crippen LogP contribution in [0.5, 0.6) is 0 Å². The molecule has 0 aliphatic heterocycles. The number of rotatable bonds is 7. The molecule has 156 valence electrons. The summed E-state index contributed by atoms with van der Waals surface area (Å²) in [5.74, 6) is 0.682. The van der Waals surface area contributed by atoms with Gasteiger partial charge in [-0.3, -0.25) is 9.36 Å². The Balaban J connectivity index is 1.50. The minimum absolute atomic E-state index is 0.173. The van der Waals surface area contributed by atoms with Gasteiger partial charge in [-0.15, -0.1) is 21.5 Å². The van der Waals surface area contributed by atoms with Gasteiger partial charge < -0.3 is 0 Å². The molecule has 0 bridgehead atoms. The van der Waals surface area contributed by atoms with E-state index in [0.29, 0.717) is 11.0 Å². The third-order valence-corrected chi connectivity index (χ3v) is 6.62. The molecule has 9 heteroatoms. The largest absolute Gasteiger partial charge is 0.272 e. The van der Waals surface area contributed by atoms with Crippen LogP contribution < -0.4 is 5.43 Å². The molecule has 1 N–H and O–H groups in total. The zero-order valence-corrected chi connectivity index (χ0v) is 19.7. The fourth-order valence-electron chi connectivity index (χ4n) is 2.81. The number of aromatic nitrogens is 3. The first-order chi connectivity index (χ1) is 15.1. The lowest BCUT2D eigenvalue weighted by molar-refractivity contribution is -0.118. The van der Waals surface area contributed by atoms with Crippen LogP contribution in [0.3, 0.4) is 0 Å². The second kappa shape index (κ2) is 10.0. The van der Waals surface area contributed by atoms with Gasteiger partial charge in [0.25, 0.3) is 5.91 Å². The number of carbonyl (C=O) groups is 1. The van der Waals surface area contributed by atoms with Crippen molar-refractivity contribution in [3.05, 3.63) is 81.0 Å². The van der Waals surface area contributed by atoms with E-state index in [9.17, 15) is 4.79 Å². The van der Waals surface area contributed by atoms with Crippen molar-refractivity contribution >= 4 is 51.2 Å². The molecule has 2 aromatic heterocycles. The van der Waals surface area contributed by atoms with E-state index >= 15 is 0 Å². The van der Waals surface area contributed by atoms with Crippen molar-refractivity contribution in [3.63, 3.8) is 0 Å². The van der Waals surface area contributed by atoms with Crippen molar-refractivity contribution in [2.75, 3.05) is 5.75 Å². The number of thioether (sulfide) groups is 1. The molecule has 0 aliphatic carbocycles. The zero-order chi connectivity index (χ0) is 21.6. The van der Waals surface area contributed by atoms with Crippen molar-refractivity contribution in [1.29, 1.82) is 0 Å². The van der Waals surface area contributed by atoms with Gasteiger partial charge in [0.15, 0.2) is 11.0 Å². The molecule has 4 rings (SSSR count). The highest BCUT2D eigenvalue weighted by Crippen LogP contribution is 2.28. The second-order valence-corrected chi connectivity index (χ2v) is 9.69. The van der Waals surface area contributed by atoms with Crippen LogP contribution in [0, 0.1) is 6.92 Å². The van der Waals surface area contributed by atoms with Gasteiger partial charge >= 0.3 is 0 Å². The van der Waals surface area contributed by atoms with Gasteiger partial charge in [0.1, 0.15) is 0 Å². The molecular formula is C22H18BrN5OS2. The maximum atomic E-state index is 12.3. The van der Waals surface area contributed by atoms with E-state index in [-0.39, 0.29) is 11.7 Å². The maximum absolute atomic E-state index is 12.3. The zero-order valence-electron chi connectivity index (χ0n) is 16.5. The molecule has 0 unspecified atom stereocenters. The summed E-state index contributed by atoms with van der Waals surface area (Å²) in [5, 5.41) is 13.4. The molecule has 0 spiro atoms. The van der Waals surface area contributed by atoms with E-state index in [1.54, 1.807) is 17.6 Å². The molecule has 4 aromatic rings. The molecule has 0 fully saturated rings. The Kier molecular flexibility index (Phi) is 6.96. The SMILES string of the molecule is Cc1ccc(C=NNC(=O)CSc2nnc(-c3ccc(Br)cc3)n2-c2ccccc2)s1. The summed E-state index contributed by atoms with van der Waals surface area (Å²) in [6.45, 7) is 2.03. The Morgan fingerprint density at radius 3 is 2.61 bits per heavy atom. The molecule has 6 nitrogen and oxygen atoms in total. The Morgan fingerprint density at radius 2 is 1.90 bits per heavy atom. The van der Waals surface area contributed by atoms with E-state index in [1.807, 2.05) is 78.2 Å². The van der Waals surface area contributed by atoms with E-state index in [4.69, 9.17) is 0 Å². The fourth-order valence-corrected chi connectivity index (χ4v) is 4.57. The third kappa shape index (κ3) is 5.49. The highest BCUT2D eigenvalue weighted by atomic mass is 79.9. The van der Waals surface area contributed by atoms with Crippen LogP contribution in [0.15, 0.2) is 81.5 Å². The number of aryl methyl sites for hydroxylation is 1. The highest BCUT2D eigenvalue weighted by molar-refractivity contribution is 9.10. The quantitative estimate of drug-likeness (QED) is 0.207. The van der Waals surface area contributed by atoms with Crippen molar-refractivity contribution in [1.82, 2.24) is 20.2 Å². The van der Waals surface area contributed by atoms with Crippen molar-refractivity contribution in [2.45, 2.75) is 12.1 Å². The van der Waals surface area contributed by atoms with Crippen LogP contribution in [0.2, 0.25) is 0 Å². The van der Waals surface area contributed by atoms with Crippen LogP contribution in [-0.4, -0.2) is 32.6 Å². The van der Waals surface area contributed by atoms with Gasteiger partial charge in [-0.1, -0.05) is 58.0 Å². The molecule has 0 aliphatic rings. The number of amides is 1. The van der Waals surface area contributed by atoms with Gasteiger partial charge in [0, 0.05) is 25.5 Å². The summed E-state index contributed by atoms with van der Waals surface area (Å²) in [6, 6.07) is 21.7. The van der Waals surface area contributed by atoms with Crippen LogP contribution in [0.1, 0.15) is 9.75 Å². The summed E-state index contributed by atoms with van der Waals surface area (Å²) < 4.78 is 2.95. The van der Waals surface area contributed by atoms with Gasteiger partial charge in [-0.05, 0) is 43.3 Å². The van der Waals surface area contributed by atoms with Gasteiger partial charge in [-0.25, -0.2) is 5.43 Å². The Hall–Kier alpha value is -2.75. The molecule has 2 heterocycles. The summed E-state index contributed by atoms with van der Waals surface area (Å²) in [6.07, 6.45) is 1.65. The first-order valence-corrected chi connectivity index (χ1v) is 12.0. The van der Waals surface area contributed by atoms with Gasteiger partial charge in [0.05, 0.1) is 12.0 Å². The number of nitrogens with one attached hydrogen (secondary N) is 1. The molecule has 31 heavy (non-hydrogen) atoms. The van der Waals surface area contributed by atoms with Crippen molar-refractivity contribution in [3.8, 4) is 17.1 Å². The van der Waals surface area contributed by atoms with Crippen LogP contribution >= 0.6 is 39.0 Å². The van der Waals surface area contributed by atoms with Crippen molar-refractivity contribution in [2.24, 2.45) is 5.10 Å². The first kappa shape index (κ1) is 21.5. The predicted octanol–water partition coefficient (Wildman–Crippen LogP) is 5.31. The molecule has 2 aromatic carbocycles. The summed E-state index contributed by atoms with van der Waals surface area (Å²) >= 11 is 6.40. The summed E-state index contributed by atoms with van der Waals surface area (Å²) in [4.78, 5) is 14.5. The lowest BCUT2D eigenvalue weighted by Crippen LogP contribution is -2.19. The molecular weight excluding hydrogens is 494 g/mol.